The summed E-state index contributed by atoms with van der Waals surface area (Å²) in [6, 6.07) is 7.03. The minimum Gasteiger partial charge on any atom is -0.467 e. The molecule has 124 valence electrons. The van der Waals surface area contributed by atoms with E-state index in [0.29, 0.717) is 12.1 Å². The molecule has 2 N–H and O–H groups in total. The normalized spacial score (nSPS) is 12.1. The van der Waals surface area contributed by atoms with E-state index in [2.05, 4.69) is 15.3 Å². The first-order valence-electron chi connectivity index (χ1n) is 7.44. The summed E-state index contributed by atoms with van der Waals surface area (Å²) in [6.45, 7) is 1.82. The first-order valence-corrected chi connectivity index (χ1v) is 8.32. The van der Waals surface area contributed by atoms with Gasteiger partial charge in [-0.25, -0.2) is 9.78 Å². The van der Waals surface area contributed by atoms with Crippen molar-refractivity contribution in [3.8, 4) is 0 Å². The number of rotatable bonds is 5. The molecule has 2 aromatic heterocycles. The number of fused-ring (bicyclic) bond motifs is 1. The Bertz CT molecular complexity index is 884. The van der Waals surface area contributed by atoms with Gasteiger partial charge in [-0.05, 0) is 18.6 Å². The second-order valence-electron chi connectivity index (χ2n) is 5.36. The molecule has 7 heteroatoms. The number of nitrogens with zero attached hydrogens (tertiary/aromatic N) is 1. The van der Waals surface area contributed by atoms with Crippen LogP contribution >= 0.6 is 11.3 Å². The van der Waals surface area contributed by atoms with Gasteiger partial charge in [0.1, 0.15) is 11.7 Å². The number of aryl methyl sites for hydroxylation is 1. The largest absolute Gasteiger partial charge is 0.467 e. The van der Waals surface area contributed by atoms with Crippen LogP contribution < -0.4 is 5.32 Å². The molecule has 0 aliphatic carbocycles. The lowest BCUT2D eigenvalue weighted by atomic mass is 10.0. The third-order valence-corrected chi connectivity index (χ3v) is 4.52. The van der Waals surface area contributed by atoms with Crippen LogP contribution in [-0.2, 0) is 16.0 Å². The van der Waals surface area contributed by atoms with Crippen molar-refractivity contribution >= 4 is 34.1 Å². The van der Waals surface area contributed by atoms with Crippen LogP contribution in [0.1, 0.15) is 21.1 Å². The number of aromatic amines is 1. The van der Waals surface area contributed by atoms with Crippen LogP contribution in [0.4, 0.5) is 0 Å². The number of thiazole rings is 1. The monoisotopic (exact) mass is 343 g/mol. The Balaban J connectivity index is 1.81. The quantitative estimate of drug-likeness (QED) is 0.697. The van der Waals surface area contributed by atoms with E-state index < -0.39 is 12.0 Å². The summed E-state index contributed by atoms with van der Waals surface area (Å²) in [4.78, 5) is 31.7. The van der Waals surface area contributed by atoms with Crippen molar-refractivity contribution in [3.05, 3.63) is 52.1 Å². The SMILES string of the molecule is COC(=O)[C@H](Cc1c[nH]c2ccccc12)NC(=O)c1csc(C)n1. The van der Waals surface area contributed by atoms with Crippen molar-refractivity contribution in [1.29, 1.82) is 0 Å². The molecule has 3 aromatic rings. The van der Waals surface area contributed by atoms with Crippen LogP contribution in [-0.4, -0.2) is 35.0 Å². The number of amides is 1. The van der Waals surface area contributed by atoms with Gasteiger partial charge in [-0.2, -0.15) is 0 Å². The van der Waals surface area contributed by atoms with E-state index in [1.165, 1.54) is 18.4 Å². The van der Waals surface area contributed by atoms with Gasteiger partial charge in [0, 0.05) is 28.9 Å². The van der Waals surface area contributed by atoms with E-state index in [1.807, 2.05) is 37.4 Å². The van der Waals surface area contributed by atoms with Crippen molar-refractivity contribution < 1.29 is 14.3 Å². The Kier molecular flexibility index (Phi) is 4.61. The minimum atomic E-state index is -0.774. The number of esters is 1. The molecule has 6 nitrogen and oxygen atoms in total. The highest BCUT2D eigenvalue weighted by atomic mass is 32.1. The van der Waals surface area contributed by atoms with Gasteiger partial charge in [-0.15, -0.1) is 11.3 Å². The highest BCUT2D eigenvalue weighted by Gasteiger charge is 2.24. The van der Waals surface area contributed by atoms with E-state index in [0.717, 1.165) is 21.5 Å². The molecule has 0 saturated heterocycles. The molecular weight excluding hydrogens is 326 g/mol. The Labute approximate surface area is 142 Å². The van der Waals surface area contributed by atoms with Crippen LogP contribution in [0.25, 0.3) is 10.9 Å². The third kappa shape index (κ3) is 3.30. The zero-order valence-corrected chi connectivity index (χ0v) is 14.1. The molecule has 0 aliphatic heterocycles. The van der Waals surface area contributed by atoms with Crippen molar-refractivity contribution in [2.45, 2.75) is 19.4 Å². The average molecular weight is 343 g/mol. The summed E-state index contributed by atoms with van der Waals surface area (Å²) in [7, 11) is 1.31. The van der Waals surface area contributed by atoms with E-state index in [-0.39, 0.29) is 5.91 Å². The predicted octanol–water partition coefficient (Wildman–Crippen LogP) is 2.45. The minimum absolute atomic E-state index is 0.310. The van der Waals surface area contributed by atoms with Crippen molar-refractivity contribution in [3.63, 3.8) is 0 Å². The number of para-hydroxylation sites is 1. The Morgan fingerprint density at radius 2 is 2.17 bits per heavy atom. The van der Waals surface area contributed by atoms with E-state index in [9.17, 15) is 9.59 Å². The number of methoxy groups -OCH3 is 1. The Hall–Kier alpha value is -2.67. The summed E-state index contributed by atoms with van der Waals surface area (Å²) in [5.41, 5.74) is 2.23. The third-order valence-electron chi connectivity index (χ3n) is 3.74. The van der Waals surface area contributed by atoms with Crippen molar-refractivity contribution in [1.82, 2.24) is 15.3 Å². The molecule has 1 amide bonds. The molecule has 3 rings (SSSR count). The molecule has 0 fully saturated rings. The fourth-order valence-electron chi connectivity index (χ4n) is 2.56. The maximum absolute atomic E-state index is 12.3. The van der Waals surface area contributed by atoms with Crippen LogP contribution in [0.2, 0.25) is 0 Å². The van der Waals surface area contributed by atoms with Gasteiger partial charge in [0.25, 0.3) is 5.91 Å². The number of H-pyrrole nitrogens is 1. The van der Waals surface area contributed by atoms with Gasteiger partial charge in [0.2, 0.25) is 0 Å². The molecule has 0 aliphatic rings. The summed E-state index contributed by atoms with van der Waals surface area (Å²) in [5, 5.41) is 6.20. The summed E-state index contributed by atoms with van der Waals surface area (Å²) < 4.78 is 4.83. The molecule has 0 spiro atoms. The summed E-state index contributed by atoms with van der Waals surface area (Å²) in [5.74, 6) is -0.866. The van der Waals surface area contributed by atoms with Crippen LogP contribution in [0.3, 0.4) is 0 Å². The smallest absolute Gasteiger partial charge is 0.328 e. The van der Waals surface area contributed by atoms with Crippen LogP contribution in [0.15, 0.2) is 35.8 Å². The van der Waals surface area contributed by atoms with Gasteiger partial charge in [-0.1, -0.05) is 18.2 Å². The Morgan fingerprint density at radius 3 is 2.88 bits per heavy atom. The maximum Gasteiger partial charge on any atom is 0.328 e. The number of hydrogen-bond acceptors (Lipinski definition) is 5. The molecule has 0 saturated carbocycles. The lowest BCUT2D eigenvalue weighted by Crippen LogP contribution is -2.43. The lowest BCUT2D eigenvalue weighted by molar-refractivity contribution is -0.142. The van der Waals surface area contributed by atoms with Crippen molar-refractivity contribution in [2.24, 2.45) is 0 Å². The van der Waals surface area contributed by atoms with Gasteiger partial charge < -0.3 is 15.0 Å². The number of hydrogen-bond donors (Lipinski definition) is 2. The fraction of sp³-hybridized carbons (Fsp3) is 0.235. The average Bonchev–Trinajstić information content (AvgIpc) is 3.20. The number of benzene rings is 1. The maximum atomic E-state index is 12.3. The van der Waals surface area contributed by atoms with Gasteiger partial charge in [-0.3, -0.25) is 4.79 Å². The molecule has 0 bridgehead atoms. The van der Waals surface area contributed by atoms with Crippen LogP contribution in [0.5, 0.6) is 0 Å². The van der Waals surface area contributed by atoms with E-state index >= 15 is 0 Å². The number of aromatic nitrogens is 2. The molecule has 2 heterocycles. The molecule has 1 aromatic carbocycles. The van der Waals surface area contributed by atoms with E-state index in [4.69, 9.17) is 4.74 Å². The topological polar surface area (TPSA) is 84.1 Å². The Morgan fingerprint density at radius 1 is 1.38 bits per heavy atom. The van der Waals surface area contributed by atoms with Gasteiger partial charge in [0.05, 0.1) is 12.1 Å². The predicted molar refractivity (Wildman–Crippen MR) is 92.1 cm³/mol. The molecule has 0 radical (unpaired) electrons. The second-order valence-corrected chi connectivity index (χ2v) is 6.43. The highest BCUT2D eigenvalue weighted by Crippen LogP contribution is 2.19. The molecule has 0 unspecified atom stereocenters. The number of nitrogens with one attached hydrogen (secondary N) is 2. The first-order chi connectivity index (χ1) is 11.6. The highest BCUT2D eigenvalue weighted by molar-refractivity contribution is 7.09. The molecule has 1 atom stereocenters. The summed E-state index contributed by atoms with van der Waals surface area (Å²) >= 11 is 1.39. The fourth-order valence-corrected chi connectivity index (χ4v) is 3.15. The number of ether oxygens (including phenoxy) is 1. The van der Waals surface area contributed by atoms with Gasteiger partial charge >= 0.3 is 5.97 Å². The molecular formula is C17H17N3O3S. The molecule has 24 heavy (non-hydrogen) atoms. The summed E-state index contributed by atoms with van der Waals surface area (Å²) in [6.07, 6.45) is 2.19. The van der Waals surface area contributed by atoms with E-state index in [1.54, 1.807) is 5.38 Å². The number of carbonyl (C=O) groups excluding carboxylic acids is 2. The van der Waals surface area contributed by atoms with Gasteiger partial charge in [0.15, 0.2) is 0 Å². The van der Waals surface area contributed by atoms with Crippen molar-refractivity contribution in [2.75, 3.05) is 7.11 Å². The number of carbonyl (C=O) groups is 2. The van der Waals surface area contributed by atoms with Crippen LogP contribution in [0, 0.1) is 6.92 Å². The standard InChI is InChI=1S/C17H17N3O3S/c1-10-19-15(9-24-10)16(21)20-14(17(22)23-2)7-11-8-18-13-6-4-3-5-12(11)13/h3-6,8-9,14,18H,7H2,1-2H3,(H,20,21)/t14-/m0/s1. The zero-order valence-electron chi connectivity index (χ0n) is 13.3. The second kappa shape index (κ2) is 6.84. The lowest BCUT2D eigenvalue weighted by Gasteiger charge is -2.15. The zero-order chi connectivity index (χ0) is 17.1. The first kappa shape index (κ1) is 16.2.